The van der Waals surface area contributed by atoms with Gasteiger partial charge in [0.2, 0.25) is 0 Å². The third-order valence-corrected chi connectivity index (χ3v) is 1.59. The largest absolute Gasteiger partial charge is 0.456 e. The smallest absolute Gasteiger partial charge is 0.338 e. The molecule has 15 heavy (non-hydrogen) atoms. The van der Waals surface area contributed by atoms with Crippen molar-refractivity contribution >= 4 is 11.7 Å². The van der Waals surface area contributed by atoms with Gasteiger partial charge in [-0.3, -0.25) is 0 Å². The van der Waals surface area contributed by atoms with E-state index in [1.807, 2.05) is 0 Å². The summed E-state index contributed by atoms with van der Waals surface area (Å²) in [5.74, 6) is -0.451. The maximum Gasteiger partial charge on any atom is 0.338 e. The lowest BCUT2D eigenvalue weighted by atomic mass is 10.1. The van der Waals surface area contributed by atoms with Crippen molar-refractivity contribution in [2.24, 2.45) is 5.18 Å². The van der Waals surface area contributed by atoms with Gasteiger partial charge in [-0.2, -0.15) is 0 Å². The second kappa shape index (κ2) is 4.21. The summed E-state index contributed by atoms with van der Waals surface area (Å²) in [6, 6.07) is 6.11. The number of hydrogen-bond acceptors (Lipinski definition) is 4. The molecule has 0 saturated carbocycles. The van der Waals surface area contributed by atoms with Gasteiger partial charge in [-0.05, 0) is 44.1 Å². The molecular formula is C11H13NO3. The van der Waals surface area contributed by atoms with Crippen LogP contribution in [0.5, 0.6) is 0 Å². The summed E-state index contributed by atoms with van der Waals surface area (Å²) in [7, 11) is 0. The number of nitrogens with zero attached hydrogens (tertiary/aromatic N) is 1. The van der Waals surface area contributed by atoms with Gasteiger partial charge in [-0.25, -0.2) is 4.79 Å². The molecule has 0 heterocycles. The fourth-order valence-corrected chi connectivity index (χ4v) is 1.03. The number of carbonyl (C=O) groups is 1. The molecule has 0 aliphatic rings. The van der Waals surface area contributed by atoms with E-state index in [-0.39, 0.29) is 5.69 Å². The van der Waals surface area contributed by atoms with Crippen LogP contribution in [0.1, 0.15) is 31.1 Å². The molecule has 0 radical (unpaired) electrons. The lowest BCUT2D eigenvalue weighted by Crippen LogP contribution is -2.23. The Morgan fingerprint density at radius 1 is 1.33 bits per heavy atom. The van der Waals surface area contributed by atoms with Crippen molar-refractivity contribution in [3.8, 4) is 0 Å². The maximum absolute atomic E-state index is 11.6. The van der Waals surface area contributed by atoms with E-state index in [4.69, 9.17) is 4.74 Å². The molecule has 0 aliphatic carbocycles. The van der Waals surface area contributed by atoms with Gasteiger partial charge in [0.15, 0.2) is 0 Å². The second-order valence-corrected chi connectivity index (χ2v) is 4.14. The third-order valence-electron chi connectivity index (χ3n) is 1.59. The van der Waals surface area contributed by atoms with Crippen LogP contribution in [-0.4, -0.2) is 11.6 Å². The van der Waals surface area contributed by atoms with E-state index in [2.05, 4.69) is 5.18 Å². The van der Waals surface area contributed by atoms with Gasteiger partial charge < -0.3 is 4.74 Å². The van der Waals surface area contributed by atoms with Crippen LogP contribution in [0.15, 0.2) is 29.4 Å². The van der Waals surface area contributed by atoms with E-state index in [0.717, 1.165) is 0 Å². The number of benzene rings is 1. The van der Waals surface area contributed by atoms with E-state index < -0.39 is 11.6 Å². The van der Waals surface area contributed by atoms with E-state index in [1.54, 1.807) is 32.9 Å². The first-order valence-corrected chi connectivity index (χ1v) is 4.59. The minimum Gasteiger partial charge on any atom is -0.456 e. The topological polar surface area (TPSA) is 55.7 Å². The first-order chi connectivity index (χ1) is 6.92. The summed E-state index contributed by atoms with van der Waals surface area (Å²) in [4.78, 5) is 21.8. The quantitative estimate of drug-likeness (QED) is 0.553. The van der Waals surface area contributed by atoms with Gasteiger partial charge in [0.1, 0.15) is 11.3 Å². The Morgan fingerprint density at radius 3 is 2.53 bits per heavy atom. The monoisotopic (exact) mass is 207 g/mol. The van der Waals surface area contributed by atoms with Gasteiger partial charge in [-0.1, -0.05) is 6.07 Å². The van der Waals surface area contributed by atoms with Crippen molar-refractivity contribution in [1.29, 1.82) is 0 Å². The van der Waals surface area contributed by atoms with E-state index in [9.17, 15) is 9.70 Å². The van der Waals surface area contributed by atoms with Crippen molar-refractivity contribution in [3.63, 3.8) is 0 Å². The Kier molecular flexibility index (Phi) is 3.19. The molecule has 4 heteroatoms. The Balaban J connectivity index is 2.87. The lowest BCUT2D eigenvalue weighted by molar-refractivity contribution is 0.00696. The molecule has 0 N–H and O–H groups in total. The first-order valence-electron chi connectivity index (χ1n) is 4.59. The highest BCUT2D eigenvalue weighted by molar-refractivity contribution is 5.90. The predicted molar refractivity (Wildman–Crippen MR) is 57.1 cm³/mol. The molecule has 0 amide bonds. The minimum atomic E-state index is -0.540. The number of ether oxygens (including phenoxy) is 1. The number of carbonyl (C=O) groups excluding carboxylic acids is 1. The number of rotatable bonds is 2. The van der Waals surface area contributed by atoms with Gasteiger partial charge in [0, 0.05) is 0 Å². The Labute approximate surface area is 88.2 Å². The molecule has 1 aromatic rings. The zero-order valence-electron chi connectivity index (χ0n) is 8.98. The number of nitroso groups, excluding NO2 is 1. The van der Waals surface area contributed by atoms with Crippen molar-refractivity contribution in [2.75, 3.05) is 0 Å². The van der Waals surface area contributed by atoms with Gasteiger partial charge >= 0.3 is 5.97 Å². The Morgan fingerprint density at radius 2 is 2.00 bits per heavy atom. The number of esters is 1. The third kappa shape index (κ3) is 3.50. The molecular weight excluding hydrogens is 194 g/mol. The zero-order valence-corrected chi connectivity index (χ0v) is 8.98. The van der Waals surface area contributed by atoms with Crippen LogP contribution in [0, 0.1) is 4.91 Å². The molecule has 0 spiro atoms. The van der Waals surface area contributed by atoms with E-state index >= 15 is 0 Å². The van der Waals surface area contributed by atoms with Crippen molar-refractivity contribution < 1.29 is 9.53 Å². The van der Waals surface area contributed by atoms with Gasteiger partial charge in [0.25, 0.3) is 0 Å². The predicted octanol–water partition coefficient (Wildman–Crippen LogP) is 3.04. The molecule has 0 unspecified atom stereocenters. The van der Waals surface area contributed by atoms with Crippen LogP contribution >= 0.6 is 0 Å². The van der Waals surface area contributed by atoms with Crippen LogP contribution in [0.2, 0.25) is 0 Å². The summed E-state index contributed by atoms with van der Waals surface area (Å²) < 4.78 is 5.14. The van der Waals surface area contributed by atoms with Crippen molar-refractivity contribution in [3.05, 3.63) is 34.7 Å². The van der Waals surface area contributed by atoms with Crippen LogP contribution in [0.3, 0.4) is 0 Å². The fraction of sp³-hybridized carbons (Fsp3) is 0.364. The molecule has 1 aromatic carbocycles. The summed E-state index contributed by atoms with van der Waals surface area (Å²) in [6.07, 6.45) is 0. The molecule has 4 nitrogen and oxygen atoms in total. The fourth-order valence-electron chi connectivity index (χ4n) is 1.03. The van der Waals surface area contributed by atoms with E-state index in [1.165, 1.54) is 12.1 Å². The molecule has 0 aliphatic heterocycles. The lowest BCUT2D eigenvalue weighted by Gasteiger charge is -2.19. The Bertz CT molecular complexity index is 380. The van der Waals surface area contributed by atoms with Crippen LogP contribution in [-0.2, 0) is 4.74 Å². The molecule has 1 rings (SSSR count). The molecule has 0 atom stereocenters. The van der Waals surface area contributed by atoms with Crippen LogP contribution in [0.25, 0.3) is 0 Å². The SMILES string of the molecule is CC(C)(C)OC(=O)c1cccc(N=O)c1. The first kappa shape index (κ1) is 11.4. The van der Waals surface area contributed by atoms with Crippen molar-refractivity contribution in [2.45, 2.75) is 26.4 Å². The normalized spacial score (nSPS) is 10.9. The highest BCUT2D eigenvalue weighted by Crippen LogP contribution is 2.17. The summed E-state index contributed by atoms with van der Waals surface area (Å²) in [6.45, 7) is 5.35. The van der Waals surface area contributed by atoms with Gasteiger partial charge in [-0.15, -0.1) is 4.91 Å². The highest BCUT2D eigenvalue weighted by atomic mass is 16.6. The molecule has 80 valence electrons. The molecule has 0 bridgehead atoms. The molecule has 0 saturated heterocycles. The van der Waals surface area contributed by atoms with Crippen molar-refractivity contribution in [1.82, 2.24) is 0 Å². The summed E-state index contributed by atoms with van der Waals surface area (Å²) in [5, 5.41) is 2.75. The standard InChI is InChI=1S/C11H13NO3/c1-11(2,3)15-10(13)8-5-4-6-9(7-8)12-14/h4-7H,1-3H3. The van der Waals surface area contributed by atoms with E-state index in [0.29, 0.717) is 5.56 Å². The zero-order chi connectivity index (χ0) is 11.5. The molecule has 0 aromatic heterocycles. The average molecular weight is 207 g/mol. The van der Waals surface area contributed by atoms with Gasteiger partial charge in [0.05, 0.1) is 5.56 Å². The summed E-state index contributed by atoms with van der Waals surface area (Å²) in [5.41, 5.74) is 0.0159. The van der Waals surface area contributed by atoms with Crippen LogP contribution in [0.4, 0.5) is 5.69 Å². The molecule has 0 fully saturated rings. The number of hydrogen-bond donors (Lipinski definition) is 0. The minimum absolute atomic E-state index is 0.221. The highest BCUT2D eigenvalue weighted by Gasteiger charge is 2.17. The average Bonchev–Trinajstić information content (AvgIpc) is 2.15. The second-order valence-electron chi connectivity index (χ2n) is 4.14. The summed E-state index contributed by atoms with van der Waals surface area (Å²) >= 11 is 0. The van der Waals surface area contributed by atoms with Crippen LogP contribution < -0.4 is 0 Å². The Hall–Kier alpha value is -1.71. The maximum atomic E-state index is 11.6.